The van der Waals surface area contributed by atoms with Gasteiger partial charge in [0.05, 0.1) is 0 Å². The van der Waals surface area contributed by atoms with Crippen molar-refractivity contribution in [3.63, 3.8) is 0 Å². The van der Waals surface area contributed by atoms with Crippen LogP contribution >= 0.6 is 0 Å². The highest BCUT2D eigenvalue weighted by molar-refractivity contribution is 6.33. The smallest absolute Gasteiger partial charge is 0.0920 e. The highest BCUT2D eigenvalue weighted by Crippen LogP contribution is 2.38. The van der Waals surface area contributed by atoms with Crippen molar-refractivity contribution in [2.75, 3.05) is 0 Å². The Morgan fingerprint density at radius 1 is 0.833 bits per heavy atom. The molecule has 0 nitrogen and oxygen atoms in total. The zero-order valence-electron chi connectivity index (χ0n) is 13.1. The summed E-state index contributed by atoms with van der Waals surface area (Å²) >= 11 is 0. The lowest BCUT2D eigenvalue weighted by atomic mass is 9.76. The lowest BCUT2D eigenvalue weighted by molar-refractivity contribution is 0.372. The average Bonchev–Trinajstić information content (AvgIpc) is 2.66. The average molecular weight is 249 g/mol. The van der Waals surface area contributed by atoms with E-state index in [1.807, 2.05) is 0 Å². The van der Waals surface area contributed by atoms with Gasteiger partial charge >= 0.3 is 0 Å². The maximum atomic E-state index is 2.47. The van der Waals surface area contributed by atoms with Crippen molar-refractivity contribution >= 4 is 7.28 Å². The number of hydrogen-bond donors (Lipinski definition) is 0. The Morgan fingerprint density at radius 2 is 1.44 bits per heavy atom. The van der Waals surface area contributed by atoms with Gasteiger partial charge in [0.1, 0.15) is 7.28 Å². The molecule has 3 atom stereocenters. The van der Waals surface area contributed by atoms with Crippen molar-refractivity contribution in [1.29, 1.82) is 0 Å². The SMILES string of the molecule is C[B]CCCCCCCCCC1CC(C)CC1C. The largest absolute Gasteiger partial charge is 0.105 e. The minimum absolute atomic E-state index is 1.00. The van der Waals surface area contributed by atoms with E-state index in [9.17, 15) is 0 Å². The Bertz CT molecular complexity index is 190. The third-order valence-corrected chi connectivity index (χ3v) is 4.85. The van der Waals surface area contributed by atoms with Crippen LogP contribution in [0.4, 0.5) is 0 Å². The second-order valence-electron chi connectivity index (χ2n) is 6.77. The van der Waals surface area contributed by atoms with Crippen molar-refractivity contribution in [1.82, 2.24) is 0 Å². The van der Waals surface area contributed by atoms with Gasteiger partial charge in [-0.15, -0.1) is 0 Å². The molecule has 1 aliphatic carbocycles. The molecule has 0 bridgehead atoms. The Labute approximate surface area is 117 Å². The minimum Gasteiger partial charge on any atom is -0.0920 e. The molecule has 1 fully saturated rings. The van der Waals surface area contributed by atoms with E-state index < -0.39 is 0 Å². The first-order chi connectivity index (χ1) is 8.74. The molecule has 105 valence electrons. The van der Waals surface area contributed by atoms with Crippen LogP contribution in [-0.2, 0) is 0 Å². The second kappa shape index (κ2) is 9.93. The summed E-state index contributed by atoms with van der Waals surface area (Å²) in [4.78, 5) is 0. The van der Waals surface area contributed by atoms with E-state index in [1.165, 1.54) is 70.5 Å². The summed E-state index contributed by atoms with van der Waals surface area (Å²) < 4.78 is 0. The van der Waals surface area contributed by atoms with Crippen LogP contribution in [-0.4, -0.2) is 7.28 Å². The fourth-order valence-corrected chi connectivity index (χ4v) is 3.71. The van der Waals surface area contributed by atoms with E-state index in [4.69, 9.17) is 0 Å². The molecular weight excluding hydrogens is 215 g/mol. The molecule has 0 aliphatic heterocycles. The summed E-state index contributed by atoms with van der Waals surface area (Å²) in [6, 6.07) is 0. The fourth-order valence-electron chi connectivity index (χ4n) is 3.71. The second-order valence-corrected chi connectivity index (χ2v) is 6.77. The predicted molar refractivity (Wildman–Crippen MR) is 84.4 cm³/mol. The van der Waals surface area contributed by atoms with Crippen LogP contribution in [0.2, 0.25) is 13.1 Å². The minimum atomic E-state index is 1.00. The number of hydrogen-bond acceptors (Lipinski definition) is 0. The first-order valence-electron chi connectivity index (χ1n) is 8.51. The van der Waals surface area contributed by atoms with Gasteiger partial charge in [0.2, 0.25) is 0 Å². The van der Waals surface area contributed by atoms with Gasteiger partial charge in [-0.3, -0.25) is 0 Å². The molecule has 0 spiro atoms. The highest BCUT2D eigenvalue weighted by Gasteiger charge is 2.27. The third kappa shape index (κ3) is 6.85. The zero-order valence-corrected chi connectivity index (χ0v) is 13.1. The maximum absolute atomic E-state index is 2.47. The van der Waals surface area contributed by atoms with Crippen LogP contribution < -0.4 is 0 Å². The number of unbranched alkanes of at least 4 members (excludes halogenated alkanes) is 6. The molecule has 0 aromatic rings. The Balaban J connectivity index is 1.84. The lowest BCUT2D eigenvalue weighted by Crippen LogP contribution is -2.03. The molecule has 0 N–H and O–H groups in total. The van der Waals surface area contributed by atoms with Crippen molar-refractivity contribution in [2.24, 2.45) is 17.8 Å². The Kier molecular flexibility index (Phi) is 8.89. The third-order valence-electron chi connectivity index (χ3n) is 4.85. The van der Waals surface area contributed by atoms with E-state index in [-0.39, 0.29) is 0 Å². The Morgan fingerprint density at radius 3 is 2.00 bits per heavy atom. The summed E-state index contributed by atoms with van der Waals surface area (Å²) in [7, 11) is 2.30. The molecule has 1 radical (unpaired) electrons. The van der Waals surface area contributed by atoms with Crippen LogP contribution in [0.3, 0.4) is 0 Å². The molecule has 1 rings (SSSR count). The van der Waals surface area contributed by atoms with Gasteiger partial charge < -0.3 is 0 Å². The summed E-state index contributed by atoms with van der Waals surface area (Å²) in [5.41, 5.74) is 0. The fraction of sp³-hybridized carbons (Fsp3) is 1.00. The van der Waals surface area contributed by atoms with Crippen LogP contribution in [0.25, 0.3) is 0 Å². The van der Waals surface area contributed by atoms with Crippen molar-refractivity contribution in [3.8, 4) is 0 Å². The van der Waals surface area contributed by atoms with E-state index in [1.54, 1.807) is 0 Å². The van der Waals surface area contributed by atoms with Gasteiger partial charge in [0.15, 0.2) is 0 Å². The van der Waals surface area contributed by atoms with Gasteiger partial charge in [-0.25, -0.2) is 0 Å². The molecule has 18 heavy (non-hydrogen) atoms. The quantitative estimate of drug-likeness (QED) is 0.331. The first-order valence-corrected chi connectivity index (χ1v) is 8.51. The maximum Gasteiger partial charge on any atom is 0.105 e. The van der Waals surface area contributed by atoms with Gasteiger partial charge in [-0.1, -0.05) is 78.4 Å². The van der Waals surface area contributed by atoms with Crippen molar-refractivity contribution in [3.05, 3.63) is 0 Å². The normalized spacial score (nSPS) is 27.6. The topological polar surface area (TPSA) is 0 Å². The predicted octanol–water partition coefficient (Wildman–Crippen LogP) is 5.96. The first kappa shape index (κ1) is 16.1. The van der Waals surface area contributed by atoms with E-state index in [0.29, 0.717) is 0 Å². The molecule has 0 heterocycles. The monoisotopic (exact) mass is 249 g/mol. The Hall–Kier alpha value is 0.0649. The van der Waals surface area contributed by atoms with Gasteiger partial charge in [-0.2, -0.15) is 0 Å². The summed E-state index contributed by atoms with van der Waals surface area (Å²) in [5.74, 6) is 3.06. The molecule has 1 heteroatoms. The molecule has 0 amide bonds. The van der Waals surface area contributed by atoms with Crippen LogP contribution in [0.5, 0.6) is 0 Å². The van der Waals surface area contributed by atoms with E-state index in [2.05, 4.69) is 28.0 Å². The summed E-state index contributed by atoms with van der Waals surface area (Å²) in [6.07, 6.45) is 16.1. The molecule has 1 aliphatic rings. The van der Waals surface area contributed by atoms with Crippen LogP contribution in [0.15, 0.2) is 0 Å². The van der Waals surface area contributed by atoms with E-state index >= 15 is 0 Å². The zero-order chi connectivity index (χ0) is 13.2. The molecule has 1 saturated carbocycles. The van der Waals surface area contributed by atoms with Gasteiger partial charge in [-0.05, 0) is 30.6 Å². The van der Waals surface area contributed by atoms with E-state index in [0.717, 1.165) is 17.8 Å². The van der Waals surface area contributed by atoms with Gasteiger partial charge in [0.25, 0.3) is 0 Å². The highest BCUT2D eigenvalue weighted by atomic mass is 14.3. The number of rotatable bonds is 10. The molecule has 0 aromatic heterocycles. The molecule has 3 unspecified atom stereocenters. The molecule has 0 saturated heterocycles. The van der Waals surface area contributed by atoms with Crippen molar-refractivity contribution < 1.29 is 0 Å². The van der Waals surface area contributed by atoms with Crippen molar-refractivity contribution in [2.45, 2.75) is 91.2 Å². The summed E-state index contributed by atoms with van der Waals surface area (Å²) in [5, 5.41) is 0. The summed E-state index contributed by atoms with van der Waals surface area (Å²) in [6.45, 7) is 7.08. The van der Waals surface area contributed by atoms with Gasteiger partial charge in [0, 0.05) is 0 Å². The molecular formula is C17H34B. The van der Waals surface area contributed by atoms with Crippen LogP contribution in [0.1, 0.15) is 78.1 Å². The standard InChI is InChI=1S/C17H34B/c1-15-13-16(2)17(14-15)11-9-7-5-4-6-8-10-12-18-3/h15-17H,4-14H2,1-3H3. The lowest BCUT2D eigenvalue weighted by Gasteiger charge is -2.14. The van der Waals surface area contributed by atoms with Crippen LogP contribution in [0, 0.1) is 17.8 Å². The molecule has 0 aromatic carbocycles.